The smallest absolute Gasteiger partial charge is 0.271 e. The molecule has 0 spiro atoms. The van der Waals surface area contributed by atoms with E-state index in [0.717, 1.165) is 15.4 Å². The Balaban J connectivity index is 2.03. The maximum absolute atomic E-state index is 12.8. The van der Waals surface area contributed by atoms with Gasteiger partial charge < -0.3 is 14.2 Å². The molecule has 2 heterocycles. The minimum atomic E-state index is 0.0609. The number of fused-ring (bicyclic) bond motifs is 1. The summed E-state index contributed by atoms with van der Waals surface area (Å²) in [5.74, 6) is 0.0609. The number of amides is 1. The van der Waals surface area contributed by atoms with Crippen LogP contribution in [-0.4, -0.2) is 41.2 Å². The molecule has 1 aromatic heterocycles. The summed E-state index contributed by atoms with van der Waals surface area (Å²) < 4.78 is 8.34. The Hall–Kier alpha value is -1.33. The van der Waals surface area contributed by atoms with E-state index in [1.807, 2.05) is 47.7 Å². The average molecular weight is 337 g/mol. The van der Waals surface area contributed by atoms with Crippen molar-refractivity contribution in [2.45, 2.75) is 13.0 Å². The SMILES string of the molecule is CC1CN(C(=O)c2c(Br)c3ccccc3n2C)CCO1. The molecule has 1 unspecified atom stereocenters. The van der Waals surface area contributed by atoms with E-state index in [9.17, 15) is 4.79 Å². The average Bonchev–Trinajstić information content (AvgIpc) is 2.71. The fourth-order valence-corrected chi connectivity index (χ4v) is 3.51. The number of benzene rings is 1. The molecule has 0 N–H and O–H groups in total. The van der Waals surface area contributed by atoms with Crippen LogP contribution >= 0.6 is 15.9 Å². The summed E-state index contributed by atoms with van der Waals surface area (Å²) >= 11 is 3.59. The van der Waals surface area contributed by atoms with Crippen molar-refractivity contribution < 1.29 is 9.53 Å². The number of rotatable bonds is 1. The Morgan fingerprint density at radius 1 is 1.40 bits per heavy atom. The second kappa shape index (κ2) is 5.22. The highest BCUT2D eigenvalue weighted by Crippen LogP contribution is 2.31. The van der Waals surface area contributed by atoms with Crippen LogP contribution in [0.25, 0.3) is 10.9 Å². The Kier molecular flexibility index (Phi) is 3.56. The molecule has 0 radical (unpaired) electrons. The highest BCUT2D eigenvalue weighted by atomic mass is 79.9. The molecule has 1 fully saturated rings. The summed E-state index contributed by atoms with van der Waals surface area (Å²) in [6.45, 7) is 3.90. The predicted octanol–water partition coefficient (Wildman–Crippen LogP) is 2.80. The number of aryl methyl sites for hydroxylation is 1. The minimum Gasteiger partial charge on any atom is -0.375 e. The summed E-state index contributed by atoms with van der Waals surface area (Å²) in [6.07, 6.45) is 0.0983. The van der Waals surface area contributed by atoms with Gasteiger partial charge in [-0.15, -0.1) is 0 Å². The zero-order valence-electron chi connectivity index (χ0n) is 11.6. The van der Waals surface area contributed by atoms with Gasteiger partial charge >= 0.3 is 0 Å². The highest BCUT2D eigenvalue weighted by molar-refractivity contribution is 9.10. The van der Waals surface area contributed by atoms with E-state index in [1.165, 1.54) is 0 Å². The second-order valence-electron chi connectivity index (χ2n) is 5.17. The van der Waals surface area contributed by atoms with Crippen LogP contribution in [0.3, 0.4) is 0 Å². The van der Waals surface area contributed by atoms with E-state index >= 15 is 0 Å². The zero-order valence-corrected chi connectivity index (χ0v) is 13.2. The van der Waals surface area contributed by atoms with E-state index in [0.29, 0.717) is 25.4 Å². The fourth-order valence-electron chi connectivity index (χ4n) is 2.74. The van der Waals surface area contributed by atoms with Crippen LogP contribution in [0.15, 0.2) is 28.7 Å². The first-order chi connectivity index (χ1) is 9.59. The Labute approximate surface area is 126 Å². The van der Waals surface area contributed by atoms with Gasteiger partial charge in [-0.1, -0.05) is 18.2 Å². The maximum Gasteiger partial charge on any atom is 0.271 e. The van der Waals surface area contributed by atoms with Crippen LogP contribution in [-0.2, 0) is 11.8 Å². The van der Waals surface area contributed by atoms with Gasteiger partial charge in [0.25, 0.3) is 5.91 Å². The van der Waals surface area contributed by atoms with Crippen LogP contribution in [0.1, 0.15) is 17.4 Å². The third-order valence-electron chi connectivity index (χ3n) is 3.78. The minimum absolute atomic E-state index is 0.0609. The van der Waals surface area contributed by atoms with Gasteiger partial charge in [-0.25, -0.2) is 0 Å². The van der Waals surface area contributed by atoms with Crippen molar-refractivity contribution in [2.75, 3.05) is 19.7 Å². The van der Waals surface area contributed by atoms with Crippen molar-refractivity contribution in [3.05, 3.63) is 34.4 Å². The van der Waals surface area contributed by atoms with Gasteiger partial charge in [-0.3, -0.25) is 4.79 Å². The second-order valence-corrected chi connectivity index (χ2v) is 5.96. The van der Waals surface area contributed by atoms with Crippen molar-refractivity contribution in [1.82, 2.24) is 9.47 Å². The monoisotopic (exact) mass is 336 g/mol. The molecule has 1 atom stereocenters. The molecule has 5 heteroatoms. The van der Waals surface area contributed by atoms with Gasteiger partial charge in [0, 0.05) is 31.0 Å². The molecular formula is C15H17BrN2O2. The Bertz CT molecular complexity index is 626. The van der Waals surface area contributed by atoms with E-state index in [4.69, 9.17) is 4.74 Å². The molecule has 0 aliphatic carbocycles. The van der Waals surface area contributed by atoms with Gasteiger partial charge in [0.05, 0.1) is 17.2 Å². The number of carbonyl (C=O) groups is 1. The lowest BCUT2D eigenvalue weighted by Gasteiger charge is -2.31. The summed E-state index contributed by atoms with van der Waals surface area (Å²) in [5, 5.41) is 1.07. The van der Waals surface area contributed by atoms with Crippen LogP contribution < -0.4 is 0 Å². The normalized spacial score (nSPS) is 19.6. The number of aromatic nitrogens is 1. The largest absolute Gasteiger partial charge is 0.375 e. The lowest BCUT2D eigenvalue weighted by molar-refractivity contribution is -0.0127. The van der Waals surface area contributed by atoms with Gasteiger partial charge in [-0.2, -0.15) is 0 Å². The van der Waals surface area contributed by atoms with Crippen LogP contribution in [0.2, 0.25) is 0 Å². The van der Waals surface area contributed by atoms with Crippen molar-refractivity contribution in [3.8, 4) is 0 Å². The Morgan fingerprint density at radius 2 is 2.15 bits per heavy atom. The number of nitrogens with zero attached hydrogens (tertiary/aromatic N) is 2. The molecule has 0 saturated carbocycles. The van der Waals surface area contributed by atoms with Gasteiger partial charge in [0.2, 0.25) is 0 Å². The molecular weight excluding hydrogens is 320 g/mol. The number of ether oxygens (including phenoxy) is 1. The summed E-state index contributed by atoms with van der Waals surface area (Å²) in [6, 6.07) is 8.02. The topological polar surface area (TPSA) is 34.5 Å². The molecule has 2 aromatic rings. The van der Waals surface area contributed by atoms with E-state index in [2.05, 4.69) is 15.9 Å². The molecule has 3 rings (SSSR count). The van der Waals surface area contributed by atoms with Crippen LogP contribution in [0.5, 0.6) is 0 Å². The number of halogens is 1. The van der Waals surface area contributed by atoms with Gasteiger partial charge in [0.1, 0.15) is 5.69 Å². The molecule has 1 saturated heterocycles. The third kappa shape index (κ3) is 2.15. The number of carbonyl (C=O) groups excluding carboxylic acids is 1. The number of hydrogen-bond donors (Lipinski definition) is 0. The van der Waals surface area contributed by atoms with Crippen molar-refractivity contribution in [3.63, 3.8) is 0 Å². The number of hydrogen-bond acceptors (Lipinski definition) is 2. The van der Waals surface area contributed by atoms with Crippen molar-refractivity contribution in [1.29, 1.82) is 0 Å². The van der Waals surface area contributed by atoms with Crippen molar-refractivity contribution in [2.24, 2.45) is 7.05 Å². The third-order valence-corrected chi connectivity index (χ3v) is 4.58. The lowest BCUT2D eigenvalue weighted by atomic mass is 10.2. The number of para-hydroxylation sites is 1. The summed E-state index contributed by atoms with van der Waals surface area (Å²) in [7, 11) is 1.93. The van der Waals surface area contributed by atoms with E-state index in [-0.39, 0.29) is 12.0 Å². The van der Waals surface area contributed by atoms with Crippen molar-refractivity contribution >= 4 is 32.7 Å². The summed E-state index contributed by atoms with van der Waals surface area (Å²) in [5.41, 5.74) is 1.77. The first-order valence-corrected chi connectivity index (χ1v) is 7.52. The first kappa shape index (κ1) is 13.6. The van der Waals surface area contributed by atoms with Crippen LogP contribution in [0.4, 0.5) is 0 Å². The highest BCUT2D eigenvalue weighted by Gasteiger charge is 2.27. The van der Waals surface area contributed by atoms with Gasteiger partial charge in [0.15, 0.2) is 0 Å². The predicted molar refractivity (Wildman–Crippen MR) is 81.9 cm³/mol. The molecule has 106 valence electrons. The molecule has 0 bridgehead atoms. The molecule has 20 heavy (non-hydrogen) atoms. The van der Waals surface area contributed by atoms with Crippen LogP contribution in [0, 0.1) is 0 Å². The van der Waals surface area contributed by atoms with E-state index < -0.39 is 0 Å². The Morgan fingerprint density at radius 3 is 2.85 bits per heavy atom. The van der Waals surface area contributed by atoms with E-state index in [1.54, 1.807) is 0 Å². The lowest BCUT2D eigenvalue weighted by Crippen LogP contribution is -2.45. The standard InChI is InChI=1S/C15H17BrN2O2/c1-10-9-18(7-8-20-10)15(19)14-13(16)11-5-3-4-6-12(11)17(14)2/h3-6,10H,7-9H2,1-2H3. The molecule has 1 amide bonds. The number of morpholine rings is 1. The molecule has 1 aliphatic heterocycles. The zero-order chi connectivity index (χ0) is 14.3. The van der Waals surface area contributed by atoms with Gasteiger partial charge in [-0.05, 0) is 28.9 Å². The molecule has 1 aliphatic rings. The first-order valence-electron chi connectivity index (χ1n) is 6.73. The quantitative estimate of drug-likeness (QED) is 0.802. The molecule has 1 aromatic carbocycles. The maximum atomic E-state index is 12.8. The summed E-state index contributed by atoms with van der Waals surface area (Å²) in [4.78, 5) is 14.6. The molecule has 4 nitrogen and oxygen atoms in total. The fraction of sp³-hybridized carbons (Fsp3) is 0.400.